The van der Waals surface area contributed by atoms with Crippen molar-refractivity contribution >= 4 is 0 Å². The maximum atomic E-state index is 14.5. The molecule has 2 aromatic rings. The Morgan fingerprint density at radius 1 is 1.07 bits per heavy atom. The first-order valence-electron chi connectivity index (χ1n) is 10.6. The number of aryl methyl sites for hydroxylation is 1. The first-order chi connectivity index (χ1) is 14.6. The lowest BCUT2D eigenvalue weighted by Gasteiger charge is -2.29. The number of hydrogen-bond donors (Lipinski definition) is 0. The standard InChI is InChI=1S/C25H30F2O3/c1-3-5-6-18-7-9-19(10-8-18)16-29-23-14-11-20(17-30-23)21-12-13-22(28-15-4-2)25(27)24(21)26/h3,7-10,12-13,20,23H,1,4-6,11,14-17H2,2H3. The van der Waals surface area contributed by atoms with Crippen LogP contribution < -0.4 is 4.74 Å². The number of ether oxygens (including phenoxy) is 3. The second kappa shape index (κ2) is 11.2. The van der Waals surface area contributed by atoms with Gasteiger partial charge in [-0.3, -0.25) is 0 Å². The monoisotopic (exact) mass is 416 g/mol. The van der Waals surface area contributed by atoms with Crippen molar-refractivity contribution < 1.29 is 23.0 Å². The van der Waals surface area contributed by atoms with Gasteiger partial charge in [-0.2, -0.15) is 4.39 Å². The van der Waals surface area contributed by atoms with Crippen LogP contribution in [0.1, 0.15) is 55.2 Å². The lowest BCUT2D eigenvalue weighted by Crippen LogP contribution is -2.27. The molecule has 1 heterocycles. The summed E-state index contributed by atoms with van der Waals surface area (Å²) in [5.74, 6) is -1.99. The summed E-state index contributed by atoms with van der Waals surface area (Å²) in [6, 6.07) is 11.4. The normalized spacial score (nSPS) is 18.9. The highest BCUT2D eigenvalue weighted by Crippen LogP contribution is 2.33. The van der Waals surface area contributed by atoms with E-state index in [1.165, 1.54) is 11.6 Å². The second-order valence-electron chi connectivity index (χ2n) is 7.62. The molecule has 3 nitrogen and oxygen atoms in total. The Labute approximate surface area is 177 Å². The molecule has 0 saturated carbocycles. The van der Waals surface area contributed by atoms with Crippen LogP contribution >= 0.6 is 0 Å². The number of hydrogen-bond acceptors (Lipinski definition) is 3. The van der Waals surface area contributed by atoms with Crippen molar-refractivity contribution in [2.75, 3.05) is 13.2 Å². The molecule has 0 aliphatic carbocycles. The van der Waals surface area contributed by atoms with Gasteiger partial charge in [0.15, 0.2) is 17.9 Å². The maximum absolute atomic E-state index is 14.5. The lowest BCUT2D eigenvalue weighted by atomic mass is 9.92. The van der Waals surface area contributed by atoms with Gasteiger partial charge in [-0.1, -0.05) is 43.3 Å². The van der Waals surface area contributed by atoms with E-state index in [2.05, 4.69) is 30.8 Å². The molecule has 1 aliphatic heterocycles. The first kappa shape index (κ1) is 22.4. The van der Waals surface area contributed by atoms with Gasteiger partial charge in [0.25, 0.3) is 0 Å². The number of allylic oxidation sites excluding steroid dienone is 1. The van der Waals surface area contributed by atoms with E-state index in [1.807, 2.05) is 13.0 Å². The van der Waals surface area contributed by atoms with Gasteiger partial charge < -0.3 is 14.2 Å². The van der Waals surface area contributed by atoms with E-state index in [0.29, 0.717) is 38.2 Å². The number of halogens is 2. The Hall–Kier alpha value is -2.24. The van der Waals surface area contributed by atoms with Gasteiger partial charge in [0.1, 0.15) is 0 Å². The Morgan fingerprint density at radius 2 is 1.83 bits per heavy atom. The molecule has 30 heavy (non-hydrogen) atoms. The third-order valence-electron chi connectivity index (χ3n) is 5.31. The highest BCUT2D eigenvalue weighted by atomic mass is 19.2. The average molecular weight is 417 g/mol. The van der Waals surface area contributed by atoms with Crippen LogP contribution in [0.25, 0.3) is 0 Å². The van der Waals surface area contributed by atoms with E-state index >= 15 is 0 Å². The zero-order valence-corrected chi connectivity index (χ0v) is 17.5. The van der Waals surface area contributed by atoms with Crippen LogP contribution in [-0.4, -0.2) is 19.5 Å². The highest BCUT2D eigenvalue weighted by molar-refractivity contribution is 5.33. The molecule has 0 radical (unpaired) electrons. The molecule has 0 amide bonds. The second-order valence-corrected chi connectivity index (χ2v) is 7.62. The number of benzene rings is 2. The fourth-order valence-corrected chi connectivity index (χ4v) is 3.55. The van der Waals surface area contributed by atoms with Gasteiger partial charge in [-0.05, 0) is 54.9 Å². The van der Waals surface area contributed by atoms with Crippen LogP contribution in [0, 0.1) is 11.6 Å². The van der Waals surface area contributed by atoms with E-state index in [4.69, 9.17) is 14.2 Å². The minimum absolute atomic E-state index is 0.0356. The molecule has 2 aromatic carbocycles. The van der Waals surface area contributed by atoms with Crippen molar-refractivity contribution in [2.45, 2.75) is 57.8 Å². The first-order valence-corrected chi connectivity index (χ1v) is 10.6. The molecular weight excluding hydrogens is 386 g/mol. The summed E-state index contributed by atoms with van der Waals surface area (Å²) in [5, 5.41) is 0. The predicted molar refractivity (Wildman–Crippen MR) is 114 cm³/mol. The summed E-state index contributed by atoms with van der Waals surface area (Å²) in [7, 11) is 0. The van der Waals surface area contributed by atoms with Crippen LogP contribution in [0.15, 0.2) is 49.1 Å². The van der Waals surface area contributed by atoms with Crippen molar-refractivity contribution in [3.8, 4) is 5.75 Å². The number of rotatable bonds is 10. The third kappa shape index (κ3) is 5.89. The molecule has 0 aromatic heterocycles. The summed E-state index contributed by atoms with van der Waals surface area (Å²) < 4.78 is 45.7. The van der Waals surface area contributed by atoms with Crippen molar-refractivity contribution in [2.24, 2.45) is 0 Å². The van der Waals surface area contributed by atoms with Gasteiger partial charge in [-0.25, -0.2) is 4.39 Å². The van der Waals surface area contributed by atoms with Crippen molar-refractivity contribution in [1.29, 1.82) is 0 Å². The van der Waals surface area contributed by atoms with Crippen molar-refractivity contribution in [3.63, 3.8) is 0 Å². The summed E-state index contributed by atoms with van der Waals surface area (Å²) in [4.78, 5) is 0. The molecule has 1 aliphatic rings. The van der Waals surface area contributed by atoms with Gasteiger partial charge in [0.05, 0.1) is 19.8 Å². The average Bonchev–Trinajstić information content (AvgIpc) is 2.78. The lowest BCUT2D eigenvalue weighted by molar-refractivity contribution is -0.173. The van der Waals surface area contributed by atoms with Crippen molar-refractivity contribution in [1.82, 2.24) is 0 Å². The summed E-state index contributed by atoms with van der Waals surface area (Å²) >= 11 is 0. The van der Waals surface area contributed by atoms with Crippen LogP contribution in [-0.2, 0) is 22.5 Å². The molecular formula is C25H30F2O3. The van der Waals surface area contributed by atoms with E-state index in [1.54, 1.807) is 6.07 Å². The molecule has 0 bridgehead atoms. The molecule has 1 fully saturated rings. The fourth-order valence-electron chi connectivity index (χ4n) is 3.55. The maximum Gasteiger partial charge on any atom is 0.200 e. The quantitative estimate of drug-likeness (QED) is 0.425. The van der Waals surface area contributed by atoms with Crippen molar-refractivity contribution in [3.05, 3.63) is 77.4 Å². The third-order valence-corrected chi connectivity index (χ3v) is 5.31. The minimum atomic E-state index is -0.920. The predicted octanol–water partition coefficient (Wildman–Crippen LogP) is 6.31. The van der Waals surface area contributed by atoms with Crippen LogP contribution in [0.5, 0.6) is 5.75 Å². The summed E-state index contributed by atoms with van der Waals surface area (Å²) in [6.45, 7) is 6.78. The largest absolute Gasteiger partial charge is 0.490 e. The molecule has 1 saturated heterocycles. The molecule has 3 rings (SSSR count). The Morgan fingerprint density at radius 3 is 2.50 bits per heavy atom. The fraction of sp³-hybridized carbons (Fsp3) is 0.440. The van der Waals surface area contributed by atoms with Crippen LogP contribution in [0.2, 0.25) is 0 Å². The van der Waals surface area contributed by atoms with E-state index in [0.717, 1.165) is 24.8 Å². The SMILES string of the molecule is C=CCCc1ccc(COC2CCC(c3ccc(OCCC)c(F)c3F)CO2)cc1. The molecule has 0 spiro atoms. The van der Waals surface area contributed by atoms with Crippen LogP contribution in [0.3, 0.4) is 0 Å². The Balaban J connectivity index is 1.49. The van der Waals surface area contributed by atoms with E-state index < -0.39 is 11.6 Å². The Bertz CT molecular complexity index is 812. The minimum Gasteiger partial charge on any atom is -0.490 e. The highest BCUT2D eigenvalue weighted by Gasteiger charge is 2.27. The van der Waals surface area contributed by atoms with Gasteiger partial charge in [0, 0.05) is 5.92 Å². The Kier molecular flexibility index (Phi) is 8.40. The van der Waals surface area contributed by atoms with E-state index in [9.17, 15) is 8.78 Å². The summed E-state index contributed by atoms with van der Waals surface area (Å²) in [5.41, 5.74) is 2.69. The zero-order chi connectivity index (χ0) is 21.3. The topological polar surface area (TPSA) is 27.7 Å². The molecule has 2 unspecified atom stereocenters. The van der Waals surface area contributed by atoms with E-state index in [-0.39, 0.29) is 18.0 Å². The smallest absolute Gasteiger partial charge is 0.200 e. The zero-order valence-electron chi connectivity index (χ0n) is 17.5. The van der Waals surface area contributed by atoms with Gasteiger partial charge in [0.2, 0.25) is 5.82 Å². The molecule has 2 atom stereocenters. The molecule has 5 heteroatoms. The summed E-state index contributed by atoms with van der Waals surface area (Å²) in [6.07, 6.45) is 5.59. The van der Waals surface area contributed by atoms with Crippen LogP contribution in [0.4, 0.5) is 8.78 Å². The van der Waals surface area contributed by atoms with Gasteiger partial charge in [-0.15, -0.1) is 6.58 Å². The van der Waals surface area contributed by atoms with Gasteiger partial charge >= 0.3 is 0 Å². The molecule has 162 valence electrons. The molecule has 0 N–H and O–H groups in total.